The second-order valence-electron chi connectivity index (χ2n) is 3.43. The van der Waals surface area contributed by atoms with Crippen LogP contribution in [0.1, 0.15) is 19.4 Å². The molecule has 0 radical (unpaired) electrons. The van der Waals surface area contributed by atoms with Crippen molar-refractivity contribution in [3.63, 3.8) is 0 Å². The first-order chi connectivity index (χ1) is 6.38. The van der Waals surface area contributed by atoms with E-state index in [1.165, 1.54) is 12.1 Å². The summed E-state index contributed by atoms with van der Waals surface area (Å²) < 4.78 is 13.3. The first-order valence-electron chi connectivity index (χ1n) is 4.09. The summed E-state index contributed by atoms with van der Waals surface area (Å²) in [5.74, 6) is 5.10. The zero-order valence-electron chi connectivity index (χ0n) is 7.94. The minimum atomic E-state index is -1.03. The summed E-state index contributed by atoms with van der Waals surface area (Å²) in [5.41, 5.74) is -0.373. The van der Waals surface area contributed by atoms with Gasteiger partial charge in [0.25, 0.3) is 0 Å². The van der Waals surface area contributed by atoms with Crippen LogP contribution in [0.15, 0.2) is 22.7 Å². The minimum absolute atomic E-state index is 0.314. The Morgan fingerprint density at radius 3 is 2.57 bits per heavy atom. The van der Waals surface area contributed by atoms with Crippen molar-refractivity contribution in [2.45, 2.75) is 19.4 Å². The predicted octanol–water partition coefficient (Wildman–Crippen LogP) is 2.71. The third kappa shape index (κ3) is 3.49. The Balaban J connectivity index is 3.02. The summed E-state index contributed by atoms with van der Waals surface area (Å²) in [7, 11) is 0. The fraction of sp³-hybridized carbons (Fsp3) is 0.273. The van der Waals surface area contributed by atoms with Crippen LogP contribution in [0.25, 0.3) is 0 Å². The molecule has 0 unspecified atom stereocenters. The summed E-state index contributed by atoms with van der Waals surface area (Å²) in [5, 5.41) is 9.36. The van der Waals surface area contributed by atoms with Crippen LogP contribution in [-0.4, -0.2) is 10.7 Å². The van der Waals surface area contributed by atoms with E-state index in [4.69, 9.17) is 0 Å². The summed E-state index contributed by atoms with van der Waals surface area (Å²) in [6.45, 7) is 3.19. The molecule has 74 valence electrons. The highest BCUT2D eigenvalue weighted by molar-refractivity contribution is 9.10. The Hall–Kier alpha value is -0.850. The number of rotatable bonds is 0. The van der Waals surface area contributed by atoms with Crippen LogP contribution in [0.3, 0.4) is 0 Å². The van der Waals surface area contributed by atoms with E-state index in [2.05, 4.69) is 27.8 Å². The summed E-state index contributed by atoms with van der Waals surface area (Å²) >= 11 is 3.19. The molecule has 0 aliphatic carbocycles. The first-order valence-corrected chi connectivity index (χ1v) is 4.88. The highest BCUT2D eigenvalue weighted by Crippen LogP contribution is 2.17. The highest BCUT2D eigenvalue weighted by atomic mass is 79.9. The Labute approximate surface area is 91.1 Å². The fourth-order valence-corrected chi connectivity index (χ4v) is 1.26. The second kappa shape index (κ2) is 4.12. The van der Waals surface area contributed by atoms with Crippen molar-refractivity contribution < 1.29 is 9.50 Å². The van der Waals surface area contributed by atoms with Gasteiger partial charge in [-0.3, -0.25) is 0 Å². The molecule has 3 heteroatoms. The smallest absolute Gasteiger partial charge is 0.124 e. The Bertz CT molecular complexity index is 396. The van der Waals surface area contributed by atoms with Gasteiger partial charge in [0.15, 0.2) is 0 Å². The topological polar surface area (TPSA) is 20.2 Å². The molecule has 0 heterocycles. The van der Waals surface area contributed by atoms with Crippen LogP contribution >= 0.6 is 15.9 Å². The van der Waals surface area contributed by atoms with Crippen molar-refractivity contribution in [1.82, 2.24) is 0 Å². The maximum absolute atomic E-state index is 12.7. The molecule has 14 heavy (non-hydrogen) atoms. The van der Waals surface area contributed by atoms with Gasteiger partial charge in [-0.2, -0.15) is 0 Å². The maximum atomic E-state index is 12.7. The average molecular weight is 257 g/mol. The molecule has 0 saturated carbocycles. The molecular formula is C11H10BrFO. The monoisotopic (exact) mass is 256 g/mol. The van der Waals surface area contributed by atoms with Crippen LogP contribution in [-0.2, 0) is 0 Å². The van der Waals surface area contributed by atoms with Gasteiger partial charge in [-0.15, -0.1) is 0 Å². The zero-order chi connectivity index (χ0) is 10.8. The molecule has 0 fully saturated rings. The molecule has 0 aliphatic rings. The van der Waals surface area contributed by atoms with Crippen molar-refractivity contribution in [1.29, 1.82) is 0 Å². The lowest BCUT2D eigenvalue weighted by molar-refractivity contribution is 0.143. The molecule has 0 saturated heterocycles. The Kier molecular flexibility index (Phi) is 3.30. The molecule has 1 nitrogen and oxygen atoms in total. The highest BCUT2D eigenvalue weighted by Gasteiger charge is 2.06. The van der Waals surface area contributed by atoms with Crippen molar-refractivity contribution in [2.24, 2.45) is 0 Å². The van der Waals surface area contributed by atoms with E-state index in [9.17, 15) is 9.50 Å². The van der Waals surface area contributed by atoms with Crippen LogP contribution in [0.2, 0.25) is 0 Å². The normalized spacial score (nSPS) is 10.6. The largest absolute Gasteiger partial charge is 0.378 e. The number of benzene rings is 1. The predicted molar refractivity (Wildman–Crippen MR) is 57.3 cm³/mol. The van der Waals surface area contributed by atoms with Crippen LogP contribution in [0, 0.1) is 17.7 Å². The Morgan fingerprint density at radius 2 is 2.07 bits per heavy atom. The van der Waals surface area contributed by atoms with Gasteiger partial charge in [0.1, 0.15) is 11.4 Å². The van der Waals surface area contributed by atoms with E-state index in [0.29, 0.717) is 10.0 Å². The molecule has 1 rings (SSSR count). The van der Waals surface area contributed by atoms with Crippen molar-refractivity contribution >= 4 is 15.9 Å². The molecule has 0 aliphatic heterocycles. The van der Waals surface area contributed by atoms with Crippen molar-refractivity contribution in [2.75, 3.05) is 0 Å². The lowest BCUT2D eigenvalue weighted by Crippen LogP contribution is -2.14. The van der Waals surface area contributed by atoms with Gasteiger partial charge >= 0.3 is 0 Å². The molecule has 0 bridgehead atoms. The SMILES string of the molecule is CC(C)(O)C#Cc1ccc(F)cc1Br. The van der Waals surface area contributed by atoms with E-state index in [1.807, 2.05) is 0 Å². The Morgan fingerprint density at radius 1 is 1.43 bits per heavy atom. The average Bonchev–Trinajstić information content (AvgIpc) is 2.00. The maximum Gasteiger partial charge on any atom is 0.124 e. The molecule has 0 atom stereocenters. The summed E-state index contributed by atoms with van der Waals surface area (Å²) in [6.07, 6.45) is 0. The first kappa shape index (κ1) is 11.2. The zero-order valence-corrected chi connectivity index (χ0v) is 9.52. The second-order valence-corrected chi connectivity index (χ2v) is 4.29. The number of halogens is 2. The van der Waals surface area contributed by atoms with Gasteiger partial charge in [-0.05, 0) is 48.0 Å². The molecule has 0 aromatic heterocycles. The molecular weight excluding hydrogens is 247 g/mol. The molecule has 1 aromatic rings. The van der Waals surface area contributed by atoms with Crippen LogP contribution in [0.4, 0.5) is 4.39 Å². The number of hydrogen-bond acceptors (Lipinski definition) is 1. The molecule has 1 N–H and O–H groups in total. The standard InChI is InChI=1S/C11H10BrFO/c1-11(2,14)6-5-8-3-4-9(13)7-10(8)12/h3-4,7,14H,1-2H3. The van der Waals surface area contributed by atoms with Gasteiger partial charge in [-0.1, -0.05) is 11.8 Å². The van der Waals surface area contributed by atoms with Crippen LogP contribution in [0.5, 0.6) is 0 Å². The summed E-state index contributed by atoms with van der Waals surface area (Å²) in [6, 6.07) is 4.24. The van der Waals surface area contributed by atoms with E-state index < -0.39 is 5.60 Å². The van der Waals surface area contributed by atoms with Crippen molar-refractivity contribution in [3.8, 4) is 11.8 Å². The van der Waals surface area contributed by atoms with Gasteiger partial charge in [-0.25, -0.2) is 4.39 Å². The van der Waals surface area contributed by atoms with Gasteiger partial charge in [0, 0.05) is 10.0 Å². The molecule has 0 amide bonds. The molecule has 1 aromatic carbocycles. The minimum Gasteiger partial charge on any atom is -0.378 e. The van der Waals surface area contributed by atoms with Crippen LogP contribution < -0.4 is 0 Å². The lowest BCUT2D eigenvalue weighted by Gasteiger charge is -2.06. The quantitative estimate of drug-likeness (QED) is 0.708. The molecule has 0 spiro atoms. The van der Waals surface area contributed by atoms with E-state index in [0.717, 1.165) is 0 Å². The lowest BCUT2D eigenvalue weighted by atomic mass is 10.1. The fourth-order valence-electron chi connectivity index (χ4n) is 0.811. The third-order valence-electron chi connectivity index (χ3n) is 1.43. The van der Waals surface area contributed by atoms with Gasteiger partial charge in [0.2, 0.25) is 0 Å². The summed E-state index contributed by atoms with van der Waals surface area (Å²) in [4.78, 5) is 0. The van der Waals surface area contributed by atoms with Gasteiger partial charge < -0.3 is 5.11 Å². The third-order valence-corrected chi connectivity index (χ3v) is 2.09. The number of aliphatic hydroxyl groups is 1. The van der Waals surface area contributed by atoms with E-state index in [-0.39, 0.29) is 5.82 Å². The van der Waals surface area contributed by atoms with Gasteiger partial charge in [0.05, 0.1) is 0 Å². The number of hydrogen-bond donors (Lipinski definition) is 1. The van der Waals surface area contributed by atoms with Crippen molar-refractivity contribution in [3.05, 3.63) is 34.1 Å². The van der Waals surface area contributed by atoms with E-state index >= 15 is 0 Å². The van der Waals surface area contributed by atoms with E-state index in [1.54, 1.807) is 19.9 Å².